The number of Topliss-reactive ketones (excluding diaryl/α,β-unsaturated/α-hetero) is 1. The lowest BCUT2D eigenvalue weighted by Gasteiger charge is -2.39. The lowest BCUT2D eigenvalue weighted by Crippen LogP contribution is -2.54. The van der Waals surface area contributed by atoms with Crippen LogP contribution in [-0.4, -0.2) is 47.5 Å². The normalized spacial score (nSPS) is 17.7. The Bertz CT molecular complexity index is 398. The third-order valence-corrected chi connectivity index (χ3v) is 3.60. The largest absolute Gasteiger partial charge is 0.379 e. The van der Waals surface area contributed by atoms with E-state index in [1.807, 2.05) is 26.0 Å². The number of ketones is 1. The van der Waals surface area contributed by atoms with Gasteiger partial charge in [0, 0.05) is 31.9 Å². The number of hydrogen-bond acceptors (Lipinski definition) is 4. The summed E-state index contributed by atoms with van der Waals surface area (Å²) < 4.78 is 5.33. The van der Waals surface area contributed by atoms with E-state index in [0.717, 1.165) is 18.7 Å². The molecule has 2 rings (SSSR count). The van der Waals surface area contributed by atoms with Gasteiger partial charge < -0.3 is 4.74 Å². The molecule has 4 nitrogen and oxygen atoms in total. The molecule has 0 amide bonds. The lowest BCUT2D eigenvalue weighted by molar-refractivity contribution is -0.131. The zero-order chi connectivity index (χ0) is 13.0. The molecule has 1 aromatic rings. The first-order valence-electron chi connectivity index (χ1n) is 6.36. The summed E-state index contributed by atoms with van der Waals surface area (Å²) in [6.45, 7) is 7.09. The van der Waals surface area contributed by atoms with Gasteiger partial charge in [0.2, 0.25) is 0 Å². The van der Waals surface area contributed by atoms with Crippen LogP contribution in [0, 0.1) is 0 Å². The summed E-state index contributed by atoms with van der Waals surface area (Å²) in [6.07, 6.45) is 3.92. The molecule has 98 valence electrons. The van der Waals surface area contributed by atoms with Gasteiger partial charge in [0.05, 0.1) is 18.8 Å². The van der Waals surface area contributed by atoms with Crippen LogP contribution in [0.1, 0.15) is 19.4 Å². The number of hydrogen-bond donors (Lipinski definition) is 0. The molecule has 0 radical (unpaired) electrons. The quantitative estimate of drug-likeness (QED) is 0.805. The maximum Gasteiger partial charge on any atom is 0.156 e. The summed E-state index contributed by atoms with van der Waals surface area (Å²) >= 11 is 0. The van der Waals surface area contributed by atoms with Crippen LogP contribution in [0.15, 0.2) is 24.5 Å². The molecule has 18 heavy (non-hydrogen) atoms. The molecule has 1 fully saturated rings. The van der Waals surface area contributed by atoms with Crippen molar-refractivity contribution in [2.45, 2.75) is 25.8 Å². The van der Waals surface area contributed by atoms with Gasteiger partial charge in [-0.15, -0.1) is 0 Å². The predicted octanol–water partition coefficient (Wildman–Crippen LogP) is 1.30. The van der Waals surface area contributed by atoms with Gasteiger partial charge in [0.25, 0.3) is 0 Å². The van der Waals surface area contributed by atoms with Crippen LogP contribution >= 0.6 is 0 Å². The smallest absolute Gasteiger partial charge is 0.156 e. The average molecular weight is 248 g/mol. The first-order valence-corrected chi connectivity index (χ1v) is 6.36. The minimum absolute atomic E-state index is 0.246. The molecule has 2 heterocycles. The minimum Gasteiger partial charge on any atom is -0.379 e. The summed E-state index contributed by atoms with van der Waals surface area (Å²) in [7, 11) is 0. The second kappa shape index (κ2) is 5.59. The van der Waals surface area contributed by atoms with E-state index in [1.165, 1.54) is 0 Å². The lowest BCUT2D eigenvalue weighted by atomic mass is 9.91. The van der Waals surface area contributed by atoms with E-state index in [0.29, 0.717) is 19.6 Å². The van der Waals surface area contributed by atoms with Crippen molar-refractivity contribution in [1.29, 1.82) is 0 Å². The Morgan fingerprint density at radius 3 is 2.56 bits per heavy atom. The van der Waals surface area contributed by atoms with Crippen LogP contribution in [0.4, 0.5) is 0 Å². The zero-order valence-corrected chi connectivity index (χ0v) is 11.1. The number of ether oxygens (including phenoxy) is 1. The number of morpholine rings is 1. The van der Waals surface area contributed by atoms with E-state index in [9.17, 15) is 4.79 Å². The summed E-state index contributed by atoms with van der Waals surface area (Å²) in [5.74, 6) is 0.246. The van der Waals surface area contributed by atoms with Crippen molar-refractivity contribution in [3.8, 4) is 0 Å². The van der Waals surface area contributed by atoms with E-state index in [4.69, 9.17) is 4.74 Å². The highest BCUT2D eigenvalue weighted by Gasteiger charge is 2.34. The monoisotopic (exact) mass is 248 g/mol. The van der Waals surface area contributed by atoms with Gasteiger partial charge in [-0.1, -0.05) is 0 Å². The van der Waals surface area contributed by atoms with Crippen molar-refractivity contribution in [2.24, 2.45) is 0 Å². The molecule has 0 bridgehead atoms. The summed E-state index contributed by atoms with van der Waals surface area (Å²) in [5.41, 5.74) is 0.601. The molecule has 0 saturated carbocycles. The molecule has 1 saturated heterocycles. The van der Waals surface area contributed by atoms with Gasteiger partial charge in [-0.05, 0) is 31.5 Å². The molecular weight excluding hydrogens is 228 g/mol. The molecule has 1 aromatic heterocycles. The van der Waals surface area contributed by atoms with E-state index >= 15 is 0 Å². The molecule has 1 aliphatic rings. The van der Waals surface area contributed by atoms with E-state index in [1.54, 1.807) is 12.4 Å². The molecule has 1 aliphatic heterocycles. The Labute approximate surface area is 108 Å². The highest BCUT2D eigenvalue weighted by atomic mass is 16.5. The molecule has 4 heteroatoms. The minimum atomic E-state index is -0.424. The summed E-state index contributed by atoms with van der Waals surface area (Å²) in [5, 5.41) is 0. The van der Waals surface area contributed by atoms with Crippen molar-refractivity contribution in [2.75, 3.05) is 26.3 Å². The number of pyridine rings is 1. The molecular formula is C14H20N2O2. The Morgan fingerprint density at radius 2 is 1.94 bits per heavy atom. The SMILES string of the molecule is CC(C)(C(=O)Cc1ccncc1)N1CCOCC1. The van der Waals surface area contributed by atoms with Crippen molar-refractivity contribution < 1.29 is 9.53 Å². The third kappa shape index (κ3) is 2.94. The van der Waals surface area contributed by atoms with Crippen LogP contribution in [0.25, 0.3) is 0 Å². The second-order valence-corrected chi connectivity index (χ2v) is 5.11. The fourth-order valence-electron chi connectivity index (χ4n) is 2.20. The third-order valence-electron chi connectivity index (χ3n) is 3.60. The highest BCUT2D eigenvalue weighted by molar-refractivity contribution is 5.89. The van der Waals surface area contributed by atoms with Gasteiger partial charge in [-0.25, -0.2) is 0 Å². The van der Waals surface area contributed by atoms with Crippen molar-refractivity contribution in [3.63, 3.8) is 0 Å². The molecule has 0 N–H and O–H groups in total. The van der Waals surface area contributed by atoms with Crippen LogP contribution in [-0.2, 0) is 16.0 Å². The number of aromatic nitrogens is 1. The fourth-order valence-corrected chi connectivity index (χ4v) is 2.20. The maximum absolute atomic E-state index is 12.4. The van der Waals surface area contributed by atoms with Gasteiger partial charge in [-0.3, -0.25) is 14.7 Å². The standard InChI is InChI=1S/C14H20N2O2/c1-14(2,16-7-9-18-10-8-16)13(17)11-12-3-5-15-6-4-12/h3-6H,7-11H2,1-2H3. The summed E-state index contributed by atoms with van der Waals surface area (Å²) in [6, 6.07) is 3.79. The van der Waals surface area contributed by atoms with Gasteiger partial charge in [0.1, 0.15) is 0 Å². The molecule has 0 aliphatic carbocycles. The van der Waals surface area contributed by atoms with Crippen LogP contribution in [0.3, 0.4) is 0 Å². The second-order valence-electron chi connectivity index (χ2n) is 5.11. The van der Waals surface area contributed by atoms with Gasteiger partial charge in [-0.2, -0.15) is 0 Å². The molecule has 0 atom stereocenters. The number of rotatable bonds is 4. The number of carbonyl (C=O) groups excluding carboxylic acids is 1. The Kier molecular flexibility index (Phi) is 4.09. The van der Waals surface area contributed by atoms with E-state index in [2.05, 4.69) is 9.88 Å². The molecule has 0 aromatic carbocycles. The van der Waals surface area contributed by atoms with Crippen LogP contribution < -0.4 is 0 Å². The van der Waals surface area contributed by atoms with Crippen molar-refractivity contribution in [3.05, 3.63) is 30.1 Å². The summed E-state index contributed by atoms with van der Waals surface area (Å²) in [4.78, 5) is 18.6. The number of carbonyl (C=O) groups is 1. The first-order chi connectivity index (χ1) is 8.60. The zero-order valence-electron chi connectivity index (χ0n) is 11.1. The molecule has 0 unspecified atom stereocenters. The predicted molar refractivity (Wildman–Crippen MR) is 69.4 cm³/mol. The van der Waals surface area contributed by atoms with Gasteiger partial charge >= 0.3 is 0 Å². The fraction of sp³-hybridized carbons (Fsp3) is 0.571. The van der Waals surface area contributed by atoms with E-state index in [-0.39, 0.29) is 5.78 Å². The molecule has 0 spiro atoms. The maximum atomic E-state index is 12.4. The Morgan fingerprint density at radius 1 is 1.33 bits per heavy atom. The Balaban J connectivity index is 2.02. The average Bonchev–Trinajstić information content (AvgIpc) is 2.41. The Hall–Kier alpha value is -1.26. The van der Waals surface area contributed by atoms with Gasteiger partial charge in [0.15, 0.2) is 5.78 Å². The van der Waals surface area contributed by atoms with Crippen LogP contribution in [0.5, 0.6) is 0 Å². The first kappa shape index (κ1) is 13.2. The number of nitrogens with zero attached hydrogens (tertiary/aromatic N) is 2. The highest BCUT2D eigenvalue weighted by Crippen LogP contribution is 2.19. The van der Waals surface area contributed by atoms with E-state index < -0.39 is 5.54 Å². The van der Waals surface area contributed by atoms with Crippen LogP contribution in [0.2, 0.25) is 0 Å². The van der Waals surface area contributed by atoms with Crippen molar-refractivity contribution in [1.82, 2.24) is 9.88 Å². The topological polar surface area (TPSA) is 42.4 Å². The van der Waals surface area contributed by atoms with Crippen molar-refractivity contribution >= 4 is 5.78 Å².